The van der Waals surface area contributed by atoms with Crippen molar-refractivity contribution in [3.8, 4) is 17.9 Å². The highest BCUT2D eigenvalue weighted by Gasteiger charge is 1.91. The van der Waals surface area contributed by atoms with Crippen LogP contribution in [-0.2, 0) is 0 Å². The van der Waals surface area contributed by atoms with Gasteiger partial charge in [0.25, 0.3) is 0 Å². The van der Waals surface area contributed by atoms with E-state index in [0.29, 0.717) is 12.1 Å². The van der Waals surface area contributed by atoms with Crippen LogP contribution in [0.3, 0.4) is 0 Å². The van der Waals surface area contributed by atoms with E-state index in [0.717, 1.165) is 5.56 Å². The van der Waals surface area contributed by atoms with Gasteiger partial charge in [0, 0.05) is 18.0 Å². The third-order valence-electron chi connectivity index (χ3n) is 1.50. The summed E-state index contributed by atoms with van der Waals surface area (Å²) in [7, 11) is 3.91. The third kappa shape index (κ3) is 3.26. The Kier molecular flexibility index (Phi) is 3.67. The van der Waals surface area contributed by atoms with Crippen LogP contribution in [0.4, 0.5) is 0 Å². The molecule has 0 aliphatic carbocycles. The molecule has 14 heavy (non-hydrogen) atoms. The molecule has 0 radical (unpaired) electrons. The molecule has 0 aliphatic heterocycles. The molecule has 0 aliphatic rings. The number of pyridine rings is 1. The Morgan fingerprint density at radius 3 is 2.71 bits per heavy atom. The van der Waals surface area contributed by atoms with Crippen LogP contribution in [0, 0.1) is 23.2 Å². The largest absolute Gasteiger partial charge is 0.299 e. The van der Waals surface area contributed by atoms with Crippen LogP contribution in [0.15, 0.2) is 18.5 Å². The van der Waals surface area contributed by atoms with Gasteiger partial charge in [-0.2, -0.15) is 5.26 Å². The van der Waals surface area contributed by atoms with Gasteiger partial charge in [0.15, 0.2) is 0 Å². The molecule has 0 unspecified atom stereocenters. The van der Waals surface area contributed by atoms with Crippen LogP contribution < -0.4 is 0 Å². The van der Waals surface area contributed by atoms with Crippen molar-refractivity contribution in [1.82, 2.24) is 9.88 Å². The van der Waals surface area contributed by atoms with E-state index >= 15 is 0 Å². The van der Waals surface area contributed by atoms with Crippen LogP contribution in [0.5, 0.6) is 0 Å². The molecule has 1 aromatic heterocycles. The molecule has 1 aromatic rings. The molecule has 1 heterocycles. The number of aromatic nitrogens is 1. The lowest BCUT2D eigenvalue weighted by Gasteiger charge is -2.00. The lowest BCUT2D eigenvalue weighted by molar-refractivity contribution is 0.464. The Hall–Kier alpha value is -1.84. The van der Waals surface area contributed by atoms with Crippen LogP contribution in [0.2, 0.25) is 0 Å². The molecule has 0 saturated heterocycles. The van der Waals surface area contributed by atoms with E-state index in [2.05, 4.69) is 16.8 Å². The predicted molar refractivity (Wildman–Crippen MR) is 54.4 cm³/mol. The zero-order valence-electron chi connectivity index (χ0n) is 8.28. The second-order valence-corrected chi connectivity index (χ2v) is 3.11. The minimum atomic E-state index is 0.543. The van der Waals surface area contributed by atoms with Gasteiger partial charge in [-0.15, -0.1) is 0 Å². The van der Waals surface area contributed by atoms with Crippen LogP contribution in [0.25, 0.3) is 0 Å². The molecule has 0 bridgehead atoms. The zero-order valence-corrected chi connectivity index (χ0v) is 8.28. The monoisotopic (exact) mass is 185 g/mol. The summed E-state index contributed by atoms with van der Waals surface area (Å²) in [5, 5.41) is 8.63. The van der Waals surface area contributed by atoms with Crippen molar-refractivity contribution in [2.75, 3.05) is 20.6 Å². The predicted octanol–water partition coefficient (Wildman–Crippen LogP) is 0.866. The lowest BCUT2D eigenvalue weighted by Crippen LogP contribution is -2.10. The summed E-state index contributed by atoms with van der Waals surface area (Å²) in [5.41, 5.74) is 1.33. The highest BCUT2D eigenvalue weighted by Crippen LogP contribution is 1.98. The van der Waals surface area contributed by atoms with Gasteiger partial charge in [-0.25, -0.2) is 0 Å². The first-order valence-corrected chi connectivity index (χ1v) is 4.21. The topological polar surface area (TPSA) is 39.9 Å². The van der Waals surface area contributed by atoms with E-state index in [-0.39, 0.29) is 0 Å². The van der Waals surface area contributed by atoms with E-state index in [4.69, 9.17) is 5.26 Å². The fraction of sp³-hybridized carbons (Fsp3) is 0.273. The van der Waals surface area contributed by atoms with Crippen molar-refractivity contribution in [1.29, 1.82) is 5.26 Å². The number of hydrogen-bond donors (Lipinski definition) is 0. The van der Waals surface area contributed by atoms with Crippen molar-refractivity contribution in [3.63, 3.8) is 0 Å². The van der Waals surface area contributed by atoms with E-state index in [1.165, 1.54) is 6.20 Å². The molecule has 0 N–H and O–H groups in total. The summed E-state index contributed by atoms with van der Waals surface area (Å²) >= 11 is 0. The Balaban J connectivity index is 2.76. The average molecular weight is 185 g/mol. The van der Waals surface area contributed by atoms with E-state index in [1.807, 2.05) is 25.1 Å². The number of nitriles is 1. The summed E-state index contributed by atoms with van der Waals surface area (Å²) in [4.78, 5) is 5.90. The summed E-state index contributed by atoms with van der Waals surface area (Å²) < 4.78 is 0. The minimum Gasteiger partial charge on any atom is -0.299 e. The fourth-order valence-corrected chi connectivity index (χ4v) is 0.869. The second-order valence-electron chi connectivity index (χ2n) is 3.11. The van der Waals surface area contributed by atoms with Gasteiger partial charge in [-0.3, -0.25) is 9.88 Å². The Morgan fingerprint density at radius 1 is 1.36 bits per heavy atom. The number of hydrogen-bond acceptors (Lipinski definition) is 3. The van der Waals surface area contributed by atoms with Gasteiger partial charge in [0.1, 0.15) is 6.07 Å². The molecular formula is C11H11N3. The standard InChI is InChI=1S/C11H11N3/c1-14(2)5-3-4-10-6-11(7-12)9-13-8-10/h6,8-9H,5H2,1-2H3. The molecule has 3 nitrogen and oxygen atoms in total. The summed E-state index contributed by atoms with van der Waals surface area (Å²) in [6, 6.07) is 3.76. The molecule has 0 amide bonds. The summed E-state index contributed by atoms with van der Waals surface area (Å²) in [5.74, 6) is 5.92. The van der Waals surface area contributed by atoms with Gasteiger partial charge in [0.2, 0.25) is 0 Å². The maximum atomic E-state index is 8.63. The first kappa shape index (κ1) is 10.2. The molecule has 0 aromatic carbocycles. The molecule has 1 rings (SSSR count). The summed E-state index contributed by atoms with van der Waals surface area (Å²) in [6.45, 7) is 0.705. The molecule has 0 fully saturated rings. The van der Waals surface area contributed by atoms with E-state index in [9.17, 15) is 0 Å². The third-order valence-corrected chi connectivity index (χ3v) is 1.50. The highest BCUT2D eigenvalue weighted by molar-refractivity contribution is 5.38. The minimum absolute atomic E-state index is 0.543. The molecule has 0 atom stereocenters. The Bertz CT molecular complexity index is 405. The van der Waals surface area contributed by atoms with E-state index in [1.54, 1.807) is 12.3 Å². The van der Waals surface area contributed by atoms with Gasteiger partial charge in [-0.05, 0) is 20.2 Å². The van der Waals surface area contributed by atoms with Crippen LogP contribution in [-0.4, -0.2) is 30.5 Å². The molecule has 3 heteroatoms. The molecular weight excluding hydrogens is 174 g/mol. The van der Waals surface area contributed by atoms with Crippen molar-refractivity contribution >= 4 is 0 Å². The van der Waals surface area contributed by atoms with Crippen LogP contribution >= 0.6 is 0 Å². The zero-order chi connectivity index (χ0) is 10.4. The SMILES string of the molecule is CN(C)CC#Cc1cncc(C#N)c1. The fourth-order valence-electron chi connectivity index (χ4n) is 0.869. The number of nitrogens with zero attached hydrogens (tertiary/aromatic N) is 3. The van der Waals surface area contributed by atoms with Gasteiger partial charge in [0.05, 0.1) is 12.1 Å². The normalized spacial score (nSPS) is 9.00. The molecule has 70 valence electrons. The first-order chi connectivity index (χ1) is 6.72. The van der Waals surface area contributed by atoms with Gasteiger partial charge in [-0.1, -0.05) is 11.8 Å². The Labute approximate surface area is 84.0 Å². The quantitative estimate of drug-likeness (QED) is 0.609. The van der Waals surface area contributed by atoms with Gasteiger partial charge < -0.3 is 0 Å². The van der Waals surface area contributed by atoms with Crippen LogP contribution in [0.1, 0.15) is 11.1 Å². The van der Waals surface area contributed by atoms with Crippen molar-refractivity contribution in [2.24, 2.45) is 0 Å². The second kappa shape index (κ2) is 5.01. The highest BCUT2D eigenvalue weighted by atomic mass is 15.0. The van der Waals surface area contributed by atoms with E-state index < -0.39 is 0 Å². The lowest BCUT2D eigenvalue weighted by atomic mass is 10.2. The maximum absolute atomic E-state index is 8.63. The van der Waals surface area contributed by atoms with Gasteiger partial charge >= 0.3 is 0 Å². The number of rotatable bonds is 1. The van der Waals surface area contributed by atoms with Crippen molar-refractivity contribution < 1.29 is 0 Å². The summed E-state index contributed by atoms with van der Waals surface area (Å²) in [6.07, 6.45) is 3.18. The first-order valence-electron chi connectivity index (χ1n) is 4.21. The van der Waals surface area contributed by atoms with Crippen molar-refractivity contribution in [2.45, 2.75) is 0 Å². The maximum Gasteiger partial charge on any atom is 0.101 e. The average Bonchev–Trinajstić information content (AvgIpc) is 2.18. The molecule has 0 spiro atoms. The molecule has 0 saturated carbocycles. The Morgan fingerprint density at radius 2 is 2.07 bits per heavy atom. The smallest absolute Gasteiger partial charge is 0.101 e. The van der Waals surface area contributed by atoms with Crippen molar-refractivity contribution in [3.05, 3.63) is 29.6 Å².